The molecule has 13 heavy (non-hydrogen) atoms. The topological polar surface area (TPSA) is 38.0 Å². The highest BCUT2D eigenvalue weighted by atomic mass is 14.9. The molecule has 1 aliphatic heterocycles. The summed E-state index contributed by atoms with van der Waals surface area (Å²) in [6, 6.07) is 6.90. The minimum atomic E-state index is 0.530. The first-order chi connectivity index (χ1) is 6.27. The third-order valence-corrected chi connectivity index (χ3v) is 2.77. The highest BCUT2D eigenvalue weighted by molar-refractivity contribution is 5.49. The van der Waals surface area contributed by atoms with Gasteiger partial charge in [0.1, 0.15) is 0 Å². The Bertz CT molecular complexity index is 301. The molecule has 2 rings (SSSR count). The molecule has 1 fully saturated rings. The van der Waals surface area contributed by atoms with Gasteiger partial charge < -0.3 is 11.1 Å². The third kappa shape index (κ3) is 1.68. The van der Waals surface area contributed by atoms with E-state index in [1.54, 1.807) is 0 Å². The zero-order chi connectivity index (χ0) is 9.26. The predicted octanol–water partition coefficient (Wildman–Crippen LogP) is 2.00. The van der Waals surface area contributed by atoms with Gasteiger partial charge in [-0.2, -0.15) is 0 Å². The average molecular weight is 176 g/mol. The molecule has 2 heteroatoms. The van der Waals surface area contributed by atoms with Crippen LogP contribution in [-0.4, -0.2) is 6.54 Å². The van der Waals surface area contributed by atoms with Gasteiger partial charge in [0.25, 0.3) is 0 Å². The Labute approximate surface area is 79.1 Å². The molecule has 1 aromatic carbocycles. The molecule has 0 aliphatic carbocycles. The van der Waals surface area contributed by atoms with E-state index in [1.807, 2.05) is 6.92 Å². The van der Waals surface area contributed by atoms with Gasteiger partial charge in [0, 0.05) is 11.7 Å². The van der Waals surface area contributed by atoms with Gasteiger partial charge in [-0.1, -0.05) is 12.1 Å². The molecule has 0 unspecified atom stereocenters. The first kappa shape index (κ1) is 8.57. The summed E-state index contributed by atoms with van der Waals surface area (Å²) in [6.45, 7) is 3.18. The highest BCUT2D eigenvalue weighted by Gasteiger charge is 2.15. The molecule has 0 saturated carbocycles. The van der Waals surface area contributed by atoms with E-state index in [9.17, 15) is 0 Å². The normalized spacial score (nSPS) is 22.1. The minimum absolute atomic E-state index is 0.530. The second kappa shape index (κ2) is 3.38. The number of rotatable bonds is 1. The van der Waals surface area contributed by atoms with Gasteiger partial charge in [0.05, 0.1) is 0 Å². The van der Waals surface area contributed by atoms with Gasteiger partial charge in [0.2, 0.25) is 0 Å². The van der Waals surface area contributed by atoms with E-state index in [2.05, 4.69) is 23.5 Å². The SMILES string of the molecule is Cc1ccc([C@@H]2CCCN2)cc1N. The molecule has 0 aromatic heterocycles. The van der Waals surface area contributed by atoms with Gasteiger partial charge in [0.15, 0.2) is 0 Å². The van der Waals surface area contributed by atoms with E-state index in [0.29, 0.717) is 6.04 Å². The molecule has 70 valence electrons. The van der Waals surface area contributed by atoms with Crippen LogP contribution in [0.4, 0.5) is 5.69 Å². The molecule has 1 heterocycles. The molecule has 0 radical (unpaired) electrons. The fourth-order valence-electron chi connectivity index (χ4n) is 1.84. The van der Waals surface area contributed by atoms with Gasteiger partial charge in [-0.25, -0.2) is 0 Å². The second-order valence-electron chi connectivity index (χ2n) is 3.76. The fourth-order valence-corrected chi connectivity index (χ4v) is 1.84. The van der Waals surface area contributed by atoms with E-state index in [4.69, 9.17) is 5.73 Å². The molecule has 1 saturated heterocycles. The van der Waals surface area contributed by atoms with Gasteiger partial charge in [-0.05, 0) is 43.5 Å². The van der Waals surface area contributed by atoms with Crippen molar-refractivity contribution < 1.29 is 0 Å². The number of anilines is 1. The van der Waals surface area contributed by atoms with Crippen molar-refractivity contribution in [2.75, 3.05) is 12.3 Å². The van der Waals surface area contributed by atoms with Crippen molar-refractivity contribution in [3.8, 4) is 0 Å². The predicted molar refractivity (Wildman–Crippen MR) is 55.6 cm³/mol. The maximum atomic E-state index is 5.86. The van der Waals surface area contributed by atoms with Crippen LogP contribution >= 0.6 is 0 Å². The molecular formula is C11H16N2. The van der Waals surface area contributed by atoms with Crippen LogP contribution in [0, 0.1) is 6.92 Å². The summed E-state index contributed by atoms with van der Waals surface area (Å²) in [6.07, 6.45) is 2.51. The smallest absolute Gasteiger partial charge is 0.0347 e. The molecule has 0 amide bonds. The molecule has 1 atom stereocenters. The molecule has 1 aromatic rings. The molecule has 0 spiro atoms. The number of nitrogens with two attached hydrogens (primary N) is 1. The van der Waals surface area contributed by atoms with E-state index in [-0.39, 0.29) is 0 Å². The fraction of sp³-hybridized carbons (Fsp3) is 0.455. The second-order valence-corrected chi connectivity index (χ2v) is 3.76. The Morgan fingerprint density at radius 2 is 2.31 bits per heavy atom. The quantitative estimate of drug-likeness (QED) is 0.642. The summed E-state index contributed by atoms with van der Waals surface area (Å²) < 4.78 is 0. The Morgan fingerprint density at radius 3 is 2.92 bits per heavy atom. The maximum Gasteiger partial charge on any atom is 0.0347 e. The largest absolute Gasteiger partial charge is 0.399 e. The van der Waals surface area contributed by atoms with E-state index in [0.717, 1.165) is 12.2 Å². The zero-order valence-corrected chi connectivity index (χ0v) is 8.01. The molecule has 1 aliphatic rings. The van der Waals surface area contributed by atoms with Crippen molar-refractivity contribution >= 4 is 5.69 Å². The highest BCUT2D eigenvalue weighted by Crippen LogP contribution is 2.25. The summed E-state index contributed by atoms with van der Waals surface area (Å²) in [7, 11) is 0. The van der Waals surface area contributed by atoms with Crippen molar-refractivity contribution in [1.82, 2.24) is 5.32 Å². The standard InChI is InChI=1S/C11H16N2/c1-8-4-5-9(7-10(8)12)11-3-2-6-13-11/h4-5,7,11,13H,2-3,6,12H2,1H3/t11-/m0/s1. The number of aryl methyl sites for hydroxylation is 1. The molecule has 2 nitrogen and oxygen atoms in total. The van der Waals surface area contributed by atoms with Crippen LogP contribution in [0.25, 0.3) is 0 Å². The third-order valence-electron chi connectivity index (χ3n) is 2.77. The molecule has 3 N–H and O–H groups in total. The number of benzene rings is 1. The summed E-state index contributed by atoms with van der Waals surface area (Å²) in [5.74, 6) is 0. The van der Waals surface area contributed by atoms with Crippen LogP contribution in [0.3, 0.4) is 0 Å². The van der Waals surface area contributed by atoms with Gasteiger partial charge in [-0.15, -0.1) is 0 Å². The summed E-state index contributed by atoms with van der Waals surface area (Å²) in [5.41, 5.74) is 9.27. The molecular weight excluding hydrogens is 160 g/mol. The lowest BCUT2D eigenvalue weighted by atomic mass is 10.0. The van der Waals surface area contributed by atoms with Gasteiger partial charge >= 0.3 is 0 Å². The van der Waals surface area contributed by atoms with Crippen molar-refractivity contribution in [3.05, 3.63) is 29.3 Å². The zero-order valence-electron chi connectivity index (χ0n) is 8.01. The summed E-state index contributed by atoms with van der Waals surface area (Å²) >= 11 is 0. The first-order valence-electron chi connectivity index (χ1n) is 4.87. The summed E-state index contributed by atoms with van der Waals surface area (Å²) in [5, 5.41) is 3.46. The Balaban J connectivity index is 2.25. The monoisotopic (exact) mass is 176 g/mol. The van der Waals surface area contributed by atoms with Crippen LogP contribution in [0.1, 0.15) is 30.0 Å². The van der Waals surface area contributed by atoms with E-state index in [1.165, 1.54) is 24.0 Å². The number of nitrogens with one attached hydrogen (secondary N) is 1. The lowest BCUT2D eigenvalue weighted by molar-refractivity contribution is 0.648. The van der Waals surface area contributed by atoms with Crippen molar-refractivity contribution in [2.24, 2.45) is 0 Å². The van der Waals surface area contributed by atoms with Crippen molar-refractivity contribution in [1.29, 1.82) is 0 Å². The molecule has 0 bridgehead atoms. The van der Waals surface area contributed by atoms with Crippen LogP contribution in [0.5, 0.6) is 0 Å². The Morgan fingerprint density at radius 1 is 1.46 bits per heavy atom. The first-order valence-corrected chi connectivity index (χ1v) is 4.87. The van der Waals surface area contributed by atoms with E-state index < -0.39 is 0 Å². The number of nitrogen functional groups attached to an aromatic ring is 1. The van der Waals surface area contributed by atoms with Crippen LogP contribution in [0.15, 0.2) is 18.2 Å². The van der Waals surface area contributed by atoms with Crippen molar-refractivity contribution in [3.63, 3.8) is 0 Å². The lowest BCUT2D eigenvalue weighted by Crippen LogP contribution is -2.13. The van der Waals surface area contributed by atoms with Crippen LogP contribution in [0.2, 0.25) is 0 Å². The van der Waals surface area contributed by atoms with E-state index >= 15 is 0 Å². The van der Waals surface area contributed by atoms with Crippen LogP contribution in [-0.2, 0) is 0 Å². The van der Waals surface area contributed by atoms with Crippen LogP contribution < -0.4 is 11.1 Å². The van der Waals surface area contributed by atoms with Gasteiger partial charge in [-0.3, -0.25) is 0 Å². The Kier molecular flexibility index (Phi) is 2.23. The van der Waals surface area contributed by atoms with Crippen molar-refractivity contribution in [2.45, 2.75) is 25.8 Å². The maximum absolute atomic E-state index is 5.86. The minimum Gasteiger partial charge on any atom is -0.399 e. The summed E-state index contributed by atoms with van der Waals surface area (Å²) in [4.78, 5) is 0. The average Bonchev–Trinajstić information content (AvgIpc) is 2.62. The number of hydrogen-bond acceptors (Lipinski definition) is 2. The lowest BCUT2D eigenvalue weighted by Gasteiger charge is -2.11. The number of hydrogen-bond donors (Lipinski definition) is 2. The Hall–Kier alpha value is -1.02.